The van der Waals surface area contributed by atoms with Crippen molar-refractivity contribution in [2.45, 2.75) is 0 Å². The lowest BCUT2D eigenvalue weighted by atomic mass is 10.3. The van der Waals surface area contributed by atoms with Crippen molar-refractivity contribution in [3.63, 3.8) is 0 Å². The lowest BCUT2D eigenvalue weighted by Crippen LogP contribution is -2.27. The SMILES string of the molecule is C[N+](C)(C)C.O=C(O)COc1ccc(Cl)cc1Cl. The molecule has 0 saturated carbocycles. The Balaban J connectivity index is 0.000000494. The van der Waals surface area contributed by atoms with Gasteiger partial charge < -0.3 is 14.3 Å². The number of rotatable bonds is 3. The van der Waals surface area contributed by atoms with Gasteiger partial charge in [-0.15, -0.1) is 0 Å². The van der Waals surface area contributed by atoms with Gasteiger partial charge >= 0.3 is 5.97 Å². The monoisotopic (exact) mass is 294 g/mol. The molecule has 0 fully saturated rings. The molecule has 18 heavy (non-hydrogen) atoms. The van der Waals surface area contributed by atoms with Crippen molar-refractivity contribution in [3.05, 3.63) is 28.2 Å². The van der Waals surface area contributed by atoms with Crippen LogP contribution in [0.2, 0.25) is 10.0 Å². The van der Waals surface area contributed by atoms with Gasteiger partial charge in [0, 0.05) is 5.02 Å². The molecule has 0 spiro atoms. The Morgan fingerprint density at radius 1 is 1.28 bits per heavy atom. The zero-order valence-electron chi connectivity index (χ0n) is 10.9. The number of hydrogen-bond acceptors (Lipinski definition) is 2. The first-order valence-electron chi connectivity index (χ1n) is 5.18. The minimum absolute atomic E-state index is 0.300. The quantitative estimate of drug-likeness (QED) is 0.872. The van der Waals surface area contributed by atoms with E-state index in [1.165, 1.54) is 12.1 Å². The number of ether oxygens (including phenoxy) is 1. The van der Waals surface area contributed by atoms with Crippen LogP contribution in [0.3, 0.4) is 0 Å². The summed E-state index contributed by atoms with van der Waals surface area (Å²) in [5.41, 5.74) is 0. The van der Waals surface area contributed by atoms with Gasteiger partial charge in [-0.1, -0.05) is 23.2 Å². The fourth-order valence-corrected chi connectivity index (χ4v) is 1.19. The fourth-order valence-electron chi connectivity index (χ4n) is 0.732. The van der Waals surface area contributed by atoms with Crippen molar-refractivity contribution in [3.8, 4) is 5.75 Å². The van der Waals surface area contributed by atoms with Gasteiger partial charge in [0.15, 0.2) is 6.61 Å². The number of quaternary nitrogens is 1. The highest BCUT2D eigenvalue weighted by atomic mass is 35.5. The fraction of sp³-hybridized carbons (Fsp3) is 0.417. The molecule has 4 nitrogen and oxygen atoms in total. The van der Waals surface area contributed by atoms with E-state index in [4.69, 9.17) is 33.0 Å². The molecule has 0 aliphatic carbocycles. The van der Waals surface area contributed by atoms with E-state index in [2.05, 4.69) is 28.2 Å². The van der Waals surface area contributed by atoms with Crippen molar-refractivity contribution in [1.82, 2.24) is 0 Å². The van der Waals surface area contributed by atoms with E-state index in [1.54, 1.807) is 6.07 Å². The predicted octanol–water partition coefficient (Wildman–Crippen LogP) is 2.78. The third kappa shape index (κ3) is 10.2. The third-order valence-electron chi connectivity index (χ3n) is 1.25. The minimum Gasteiger partial charge on any atom is -0.480 e. The largest absolute Gasteiger partial charge is 0.480 e. The van der Waals surface area contributed by atoms with Gasteiger partial charge in [-0.3, -0.25) is 0 Å². The molecule has 0 bridgehead atoms. The number of benzene rings is 1. The van der Waals surface area contributed by atoms with Gasteiger partial charge in [-0.25, -0.2) is 4.79 Å². The average molecular weight is 295 g/mol. The summed E-state index contributed by atoms with van der Waals surface area (Å²) in [4.78, 5) is 10.2. The molecule has 0 aromatic heterocycles. The van der Waals surface area contributed by atoms with Crippen LogP contribution >= 0.6 is 23.2 Å². The summed E-state index contributed by atoms with van der Waals surface area (Å²) in [6.07, 6.45) is 0. The summed E-state index contributed by atoms with van der Waals surface area (Å²) in [6.45, 7) is -0.415. The molecule has 1 aromatic carbocycles. The zero-order valence-corrected chi connectivity index (χ0v) is 12.4. The van der Waals surface area contributed by atoms with Crippen LogP contribution in [0.5, 0.6) is 5.75 Å². The summed E-state index contributed by atoms with van der Waals surface area (Å²) in [6, 6.07) is 4.58. The molecule has 1 aromatic rings. The lowest BCUT2D eigenvalue weighted by Gasteiger charge is -2.14. The Morgan fingerprint density at radius 2 is 1.78 bits per heavy atom. The van der Waals surface area contributed by atoms with Crippen LogP contribution < -0.4 is 4.74 Å². The van der Waals surface area contributed by atoms with E-state index in [-0.39, 0.29) is 0 Å². The van der Waals surface area contributed by atoms with Gasteiger partial charge in [-0.2, -0.15) is 0 Å². The predicted molar refractivity (Wildman–Crippen MR) is 73.5 cm³/mol. The molecule has 0 radical (unpaired) electrons. The molecule has 1 rings (SSSR count). The summed E-state index contributed by atoms with van der Waals surface area (Å²) in [5.74, 6) is -0.737. The Bertz CT molecular complexity index is 397. The van der Waals surface area contributed by atoms with E-state index >= 15 is 0 Å². The van der Waals surface area contributed by atoms with Gasteiger partial charge in [0.1, 0.15) is 5.75 Å². The van der Waals surface area contributed by atoms with Crippen LogP contribution in [-0.4, -0.2) is 50.4 Å². The second-order valence-electron chi connectivity index (χ2n) is 4.94. The highest BCUT2D eigenvalue weighted by Crippen LogP contribution is 2.27. The normalized spacial score (nSPS) is 10.3. The third-order valence-corrected chi connectivity index (χ3v) is 1.78. The topological polar surface area (TPSA) is 46.5 Å². The minimum atomic E-state index is -1.05. The van der Waals surface area contributed by atoms with E-state index in [0.29, 0.717) is 15.8 Å². The Kier molecular flexibility index (Phi) is 7.06. The molecule has 0 saturated heterocycles. The van der Waals surface area contributed by atoms with Crippen LogP contribution in [0.1, 0.15) is 0 Å². The second kappa shape index (κ2) is 7.46. The number of hydrogen-bond donors (Lipinski definition) is 1. The molecule has 0 aliphatic heterocycles. The Labute approximate surface area is 117 Å². The number of nitrogens with zero attached hydrogens (tertiary/aromatic N) is 1. The van der Waals surface area contributed by atoms with Crippen molar-refractivity contribution in [1.29, 1.82) is 0 Å². The molecule has 0 unspecified atom stereocenters. The zero-order chi connectivity index (χ0) is 14.3. The number of aliphatic carboxylic acids is 1. The first kappa shape index (κ1) is 17.0. The van der Waals surface area contributed by atoms with Crippen molar-refractivity contribution >= 4 is 29.2 Å². The number of halogens is 2. The summed E-state index contributed by atoms with van der Waals surface area (Å²) >= 11 is 11.3. The Hall–Kier alpha value is -0.970. The average Bonchev–Trinajstić information content (AvgIpc) is 2.13. The van der Waals surface area contributed by atoms with Crippen molar-refractivity contribution < 1.29 is 19.1 Å². The van der Waals surface area contributed by atoms with Crippen molar-refractivity contribution in [2.75, 3.05) is 34.8 Å². The summed E-state index contributed by atoms with van der Waals surface area (Å²) in [5, 5.41) is 9.11. The molecule has 0 heterocycles. The van der Waals surface area contributed by atoms with Gasteiger partial charge in [-0.05, 0) is 18.2 Å². The molecule has 0 amide bonds. The smallest absolute Gasteiger partial charge is 0.341 e. The first-order valence-corrected chi connectivity index (χ1v) is 5.93. The van der Waals surface area contributed by atoms with E-state index in [0.717, 1.165) is 4.48 Å². The molecule has 6 heteroatoms. The maximum absolute atomic E-state index is 10.2. The first-order chi connectivity index (χ1) is 8.09. The lowest BCUT2D eigenvalue weighted by molar-refractivity contribution is -0.849. The van der Waals surface area contributed by atoms with Crippen LogP contribution in [0.25, 0.3) is 0 Å². The number of carbonyl (C=O) groups is 1. The highest BCUT2D eigenvalue weighted by Gasteiger charge is 2.04. The van der Waals surface area contributed by atoms with Crippen molar-refractivity contribution in [2.24, 2.45) is 0 Å². The maximum Gasteiger partial charge on any atom is 0.341 e. The van der Waals surface area contributed by atoms with Gasteiger partial charge in [0.25, 0.3) is 0 Å². The van der Waals surface area contributed by atoms with Gasteiger partial charge in [0.05, 0.1) is 33.2 Å². The Morgan fingerprint density at radius 3 is 2.17 bits per heavy atom. The molecule has 1 N–H and O–H groups in total. The molecular formula is C12H18Cl2NO3+. The second-order valence-corrected chi connectivity index (χ2v) is 5.78. The van der Waals surface area contributed by atoms with Crippen LogP contribution in [0.4, 0.5) is 0 Å². The van der Waals surface area contributed by atoms with Crippen LogP contribution in [-0.2, 0) is 4.79 Å². The van der Waals surface area contributed by atoms with Crippen LogP contribution in [0, 0.1) is 0 Å². The van der Waals surface area contributed by atoms with Crippen LogP contribution in [0.15, 0.2) is 18.2 Å². The number of carboxylic acid groups (broad SMARTS) is 1. The van der Waals surface area contributed by atoms with E-state index in [1.807, 2.05) is 0 Å². The molecule has 0 atom stereocenters. The number of carboxylic acids is 1. The molecule has 102 valence electrons. The summed E-state index contributed by atoms with van der Waals surface area (Å²) < 4.78 is 5.86. The van der Waals surface area contributed by atoms with Gasteiger partial charge in [0.2, 0.25) is 0 Å². The summed E-state index contributed by atoms with van der Waals surface area (Å²) in [7, 11) is 8.50. The molecular weight excluding hydrogens is 277 g/mol. The highest BCUT2D eigenvalue weighted by molar-refractivity contribution is 6.35. The standard InChI is InChI=1S/C8H6Cl2O3.C4H12N/c9-5-1-2-7(6(10)3-5)13-4-8(11)12;1-5(2,3)4/h1-3H,4H2,(H,11,12);1-4H3/q;+1. The van der Waals surface area contributed by atoms with E-state index < -0.39 is 12.6 Å². The van der Waals surface area contributed by atoms with E-state index in [9.17, 15) is 4.79 Å². The maximum atomic E-state index is 10.2. The molecule has 0 aliphatic rings.